The van der Waals surface area contributed by atoms with Crippen LogP contribution in [-0.2, 0) is 0 Å². The standard InChI is InChI=1S/C22H25N3O3/c23-16-4-2-1-3-15(16)20-18(21(26)27)17(5-6-24-20)25-19-13-7-12-8-14(19)11-22(28,9-12)10-13/h1-6,12-14,19,28H,7-11,23H2,(H,24,25)(H,26,27). The smallest absolute Gasteiger partial charge is 0.340 e. The Kier molecular flexibility index (Phi) is 3.88. The van der Waals surface area contributed by atoms with Crippen LogP contribution in [0.4, 0.5) is 11.4 Å². The van der Waals surface area contributed by atoms with Gasteiger partial charge in [0.1, 0.15) is 5.56 Å². The number of aromatic nitrogens is 1. The SMILES string of the molecule is Nc1ccccc1-c1nccc(NC2C3CC4CC2CC(O)(C4)C3)c1C(=O)O. The molecule has 0 saturated heterocycles. The van der Waals surface area contributed by atoms with Gasteiger partial charge in [-0.25, -0.2) is 4.79 Å². The highest BCUT2D eigenvalue weighted by Gasteiger charge is 2.54. The Morgan fingerprint density at radius 2 is 1.86 bits per heavy atom. The lowest BCUT2D eigenvalue weighted by Gasteiger charge is -2.58. The fraction of sp³-hybridized carbons (Fsp3) is 0.455. The van der Waals surface area contributed by atoms with Gasteiger partial charge in [-0.1, -0.05) is 18.2 Å². The van der Waals surface area contributed by atoms with Crippen molar-refractivity contribution in [2.75, 3.05) is 11.1 Å². The van der Waals surface area contributed by atoms with Gasteiger partial charge in [-0.3, -0.25) is 4.98 Å². The van der Waals surface area contributed by atoms with Crippen LogP contribution >= 0.6 is 0 Å². The zero-order chi connectivity index (χ0) is 19.5. The van der Waals surface area contributed by atoms with Crippen molar-refractivity contribution in [2.24, 2.45) is 17.8 Å². The number of carboxylic acid groups (broad SMARTS) is 1. The summed E-state index contributed by atoms with van der Waals surface area (Å²) in [6, 6.07) is 9.13. The van der Waals surface area contributed by atoms with Gasteiger partial charge in [0.15, 0.2) is 0 Å². The first kappa shape index (κ1) is 17.5. The second kappa shape index (κ2) is 6.21. The summed E-state index contributed by atoms with van der Waals surface area (Å²) >= 11 is 0. The molecule has 2 aromatic rings. The number of para-hydroxylation sites is 1. The van der Waals surface area contributed by atoms with Crippen molar-refractivity contribution in [2.45, 2.75) is 43.7 Å². The third-order valence-electron chi connectivity index (χ3n) is 6.94. The van der Waals surface area contributed by atoms with Crippen molar-refractivity contribution in [3.8, 4) is 11.3 Å². The largest absolute Gasteiger partial charge is 0.478 e. The normalized spacial score (nSPS) is 33.0. The number of anilines is 2. The van der Waals surface area contributed by atoms with E-state index in [0.29, 0.717) is 40.4 Å². The molecule has 0 radical (unpaired) electrons. The van der Waals surface area contributed by atoms with E-state index >= 15 is 0 Å². The molecule has 2 unspecified atom stereocenters. The second-order valence-corrected chi connectivity index (χ2v) is 8.84. The van der Waals surface area contributed by atoms with Crippen molar-refractivity contribution in [1.82, 2.24) is 4.98 Å². The quantitative estimate of drug-likeness (QED) is 0.607. The average Bonchev–Trinajstić information content (AvgIpc) is 2.63. The van der Waals surface area contributed by atoms with Gasteiger partial charge in [0, 0.05) is 23.5 Å². The Labute approximate surface area is 163 Å². The number of benzene rings is 1. The van der Waals surface area contributed by atoms with Crippen LogP contribution in [0.3, 0.4) is 0 Å². The Morgan fingerprint density at radius 1 is 1.14 bits per heavy atom. The summed E-state index contributed by atoms with van der Waals surface area (Å²) in [4.78, 5) is 16.5. The van der Waals surface area contributed by atoms with Crippen LogP contribution in [0.5, 0.6) is 0 Å². The molecule has 4 bridgehead atoms. The van der Waals surface area contributed by atoms with E-state index in [1.165, 1.54) is 0 Å². The van der Waals surface area contributed by atoms with E-state index in [-0.39, 0.29) is 11.6 Å². The topological polar surface area (TPSA) is 108 Å². The summed E-state index contributed by atoms with van der Waals surface area (Å²) in [5.74, 6) is 0.362. The van der Waals surface area contributed by atoms with E-state index in [1.807, 2.05) is 12.1 Å². The number of hydrogen-bond acceptors (Lipinski definition) is 5. The van der Waals surface area contributed by atoms with E-state index in [0.717, 1.165) is 32.1 Å². The van der Waals surface area contributed by atoms with Crippen molar-refractivity contribution < 1.29 is 15.0 Å². The zero-order valence-corrected chi connectivity index (χ0v) is 15.6. The monoisotopic (exact) mass is 379 g/mol. The van der Waals surface area contributed by atoms with Gasteiger partial charge >= 0.3 is 5.97 Å². The number of pyridine rings is 1. The molecule has 6 nitrogen and oxygen atoms in total. The predicted octanol–water partition coefficient (Wildman–Crippen LogP) is 3.38. The van der Waals surface area contributed by atoms with Crippen LogP contribution < -0.4 is 11.1 Å². The highest BCUT2D eigenvalue weighted by Crippen LogP contribution is 2.56. The Bertz CT molecular complexity index is 928. The maximum absolute atomic E-state index is 12.2. The first-order valence-electron chi connectivity index (χ1n) is 9.99. The van der Waals surface area contributed by atoms with Crippen molar-refractivity contribution in [1.29, 1.82) is 0 Å². The second-order valence-electron chi connectivity index (χ2n) is 8.84. The number of carbonyl (C=O) groups is 1. The fourth-order valence-corrected chi connectivity index (χ4v) is 6.11. The molecule has 0 aliphatic heterocycles. The highest BCUT2D eigenvalue weighted by atomic mass is 16.4. The van der Waals surface area contributed by atoms with Crippen molar-refractivity contribution in [3.63, 3.8) is 0 Å². The third-order valence-corrected chi connectivity index (χ3v) is 6.94. The molecular formula is C22H25N3O3. The van der Waals surface area contributed by atoms with Gasteiger partial charge in [-0.15, -0.1) is 0 Å². The van der Waals surface area contributed by atoms with Gasteiger partial charge in [0.25, 0.3) is 0 Å². The molecule has 4 fully saturated rings. The molecule has 6 heteroatoms. The molecule has 146 valence electrons. The summed E-state index contributed by atoms with van der Waals surface area (Å²) < 4.78 is 0. The molecular weight excluding hydrogens is 354 g/mol. The number of nitrogen functional groups attached to an aromatic ring is 1. The predicted molar refractivity (Wildman–Crippen MR) is 107 cm³/mol. The lowest BCUT2D eigenvalue weighted by Crippen LogP contribution is -2.59. The Morgan fingerprint density at radius 3 is 2.50 bits per heavy atom. The molecule has 5 N–H and O–H groups in total. The van der Waals surface area contributed by atoms with E-state index < -0.39 is 11.6 Å². The van der Waals surface area contributed by atoms with Crippen molar-refractivity contribution >= 4 is 17.3 Å². The minimum atomic E-state index is -1.02. The molecule has 4 saturated carbocycles. The molecule has 0 spiro atoms. The summed E-state index contributed by atoms with van der Waals surface area (Å²) in [6.07, 6.45) is 6.41. The third kappa shape index (κ3) is 2.75. The molecule has 4 aliphatic carbocycles. The summed E-state index contributed by atoms with van der Waals surface area (Å²) in [7, 11) is 0. The number of rotatable bonds is 4. The number of nitrogens with one attached hydrogen (secondary N) is 1. The highest BCUT2D eigenvalue weighted by molar-refractivity contribution is 6.02. The minimum Gasteiger partial charge on any atom is -0.478 e. The molecule has 4 aliphatic rings. The van der Waals surface area contributed by atoms with Crippen LogP contribution in [0.2, 0.25) is 0 Å². The number of aliphatic hydroxyl groups is 1. The Balaban J connectivity index is 1.52. The van der Waals surface area contributed by atoms with Gasteiger partial charge in [0.05, 0.1) is 17.0 Å². The first-order chi connectivity index (χ1) is 13.4. The number of nitrogens with two attached hydrogens (primary N) is 1. The van der Waals surface area contributed by atoms with E-state index in [2.05, 4.69) is 10.3 Å². The summed E-state index contributed by atoms with van der Waals surface area (Å²) in [5.41, 5.74) is 7.85. The van der Waals surface area contributed by atoms with Gasteiger partial charge in [-0.05, 0) is 62.0 Å². The van der Waals surface area contributed by atoms with E-state index in [9.17, 15) is 15.0 Å². The molecule has 1 aromatic heterocycles. The van der Waals surface area contributed by atoms with Crippen LogP contribution in [-0.4, -0.2) is 32.8 Å². The maximum Gasteiger partial charge on any atom is 0.340 e. The number of carboxylic acids is 1. The van der Waals surface area contributed by atoms with Crippen LogP contribution in [0.25, 0.3) is 11.3 Å². The molecule has 0 amide bonds. The van der Waals surface area contributed by atoms with Crippen LogP contribution in [0.1, 0.15) is 42.5 Å². The van der Waals surface area contributed by atoms with Gasteiger partial charge in [0.2, 0.25) is 0 Å². The van der Waals surface area contributed by atoms with Gasteiger partial charge < -0.3 is 21.3 Å². The van der Waals surface area contributed by atoms with E-state index in [4.69, 9.17) is 5.73 Å². The van der Waals surface area contributed by atoms with Crippen molar-refractivity contribution in [3.05, 3.63) is 42.1 Å². The lowest BCUT2D eigenvalue weighted by atomic mass is 9.52. The number of aromatic carboxylic acids is 1. The van der Waals surface area contributed by atoms with Gasteiger partial charge in [-0.2, -0.15) is 0 Å². The molecule has 1 aromatic carbocycles. The molecule has 1 heterocycles. The molecule has 28 heavy (non-hydrogen) atoms. The Hall–Kier alpha value is -2.60. The summed E-state index contributed by atoms with van der Waals surface area (Å²) in [6.45, 7) is 0. The molecule has 6 rings (SSSR count). The lowest BCUT2D eigenvalue weighted by molar-refractivity contribution is -0.129. The van der Waals surface area contributed by atoms with Crippen LogP contribution in [0.15, 0.2) is 36.5 Å². The fourth-order valence-electron chi connectivity index (χ4n) is 6.11. The summed E-state index contributed by atoms with van der Waals surface area (Å²) in [5, 5.41) is 24.3. The zero-order valence-electron chi connectivity index (χ0n) is 15.6. The molecule has 2 atom stereocenters. The average molecular weight is 379 g/mol. The number of nitrogens with zero attached hydrogens (tertiary/aromatic N) is 1. The maximum atomic E-state index is 12.2. The number of hydrogen-bond donors (Lipinski definition) is 4. The van der Waals surface area contributed by atoms with Crippen LogP contribution in [0, 0.1) is 17.8 Å². The van der Waals surface area contributed by atoms with E-state index in [1.54, 1.807) is 24.4 Å². The minimum absolute atomic E-state index is 0.160. The first-order valence-corrected chi connectivity index (χ1v) is 9.99.